The molecule has 2 aromatic rings. The minimum Gasteiger partial charge on any atom is -0.381 e. The highest BCUT2D eigenvalue weighted by Gasteiger charge is 2.22. The first-order chi connectivity index (χ1) is 10.1. The van der Waals surface area contributed by atoms with Gasteiger partial charge in [0.2, 0.25) is 0 Å². The number of nitro groups is 1. The van der Waals surface area contributed by atoms with E-state index in [4.69, 9.17) is 0 Å². The number of rotatable bonds is 5. The van der Waals surface area contributed by atoms with Gasteiger partial charge >= 0.3 is 0 Å². The number of nitrogens with one attached hydrogen (secondary N) is 1. The van der Waals surface area contributed by atoms with Gasteiger partial charge in [-0.1, -0.05) is 24.3 Å². The molecule has 4 nitrogen and oxygen atoms in total. The molecule has 0 unspecified atom stereocenters. The van der Waals surface area contributed by atoms with Crippen LogP contribution < -0.4 is 5.32 Å². The number of nitro benzene ring substituents is 1. The summed E-state index contributed by atoms with van der Waals surface area (Å²) in [5.74, 6) is 0.776. The molecule has 1 fully saturated rings. The van der Waals surface area contributed by atoms with Gasteiger partial charge in [-0.2, -0.15) is 0 Å². The lowest BCUT2D eigenvalue weighted by Crippen LogP contribution is -2.00. The van der Waals surface area contributed by atoms with Crippen LogP contribution in [0, 0.1) is 10.1 Å². The first kappa shape index (κ1) is 14.1. The number of halogens is 1. The van der Waals surface area contributed by atoms with Crippen LogP contribution in [-0.4, -0.2) is 4.92 Å². The zero-order valence-electron chi connectivity index (χ0n) is 11.4. The van der Waals surface area contributed by atoms with Crippen LogP contribution in [0.4, 0.5) is 11.4 Å². The van der Waals surface area contributed by atoms with Crippen molar-refractivity contribution in [2.45, 2.75) is 25.3 Å². The predicted octanol–water partition coefficient (Wildman–Crippen LogP) is 4.85. The molecule has 5 heteroatoms. The molecule has 0 spiro atoms. The van der Waals surface area contributed by atoms with Gasteiger partial charge in [-0.05, 0) is 57.9 Å². The van der Waals surface area contributed by atoms with Gasteiger partial charge in [0.25, 0.3) is 5.69 Å². The Morgan fingerprint density at radius 2 is 1.90 bits per heavy atom. The van der Waals surface area contributed by atoms with Crippen molar-refractivity contribution in [1.82, 2.24) is 0 Å². The minimum absolute atomic E-state index is 0.0781. The Labute approximate surface area is 131 Å². The Morgan fingerprint density at radius 1 is 1.19 bits per heavy atom. The Balaban J connectivity index is 1.64. The summed E-state index contributed by atoms with van der Waals surface area (Å²) in [5, 5.41) is 14.0. The molecule has 0 radical (unpaired) electrons. The molecule has 3 rings (SSSR count). The first-order valence-electron chi connectivity index (χ1n) is 6.90. The lowest BCUT2D eigenvalue weighted by Gasteiger charge is -2.08. The highest BCUT2D eigenvalue weighted by molar-refractivity contribution is 9.10. The summed E-state index contributed by atoms with van der Waals surface area (Å²) >= 11 is 3.22. The van der Waals surface area contributed by atoms with E-state index in [1.54, 1.807) is 12.1 Å². The third-order valence-corrected chi connectivity index (χ3v) is 4.30. The molecule has 0 heterocycles. The van der Waals surface area contributed by atoms with Crippen LogP contribution in [0.3, 0.4) is 0 Å². The molecule has 0 bridgehead atoms. The number of hydrogen-bond acceptors (Lipinski definition) is 3. The maximum Gasteiger partial charge on any atom is 0.283 e. The maximum atomic E-state index is 10.8. The molecular weight excluding hydrogens is 332 g/mol. The number of benzene rings is 2. The van der Waals surface area contributed by atoms with E-state index >= 15 is 0 Å². The molecule has 1 saturated carbocycles. The van der Waals surface area contributed by atoms with Crippen molar-refractivity contribution in [3.8, 4) is 0 Å². The third-order valence-electron chi connectivity index (χ3n) is 3.67. The van der Waals surface area contributed by atoms with Gasteiger partial charge in [0.1, 0.15) is 0 Å². The highest BCUT2D eigenvalue weighted by Crippen LogP contribution is 2.39. The first-order valence-corrected chi connectivity index (χ1v) is 7.69. The second-order valence-electron chi connectivity index (χ2n) is 5.29. The molecule has 1 aliphatic rings. The normalized spacial score (nSPS) is 14.0. The van der Waals surface area contributed by atoms with E-state index in [2.05, 4.69) is 45.5 Å². The van der Waals surface area contributed by atoms with Gasteiger partial charge in [0.05, 0.1) is 9.40 Å². The fourth-order valence-electron chi connectivity index (χ4n) is 2.29. The molecule has 1 aliphatic carbocycles. The zero-order valence-corrected chi connectivity index (χ0v) is 13.0. The van der Waals surface area contributed by atoms with Gasteiger partial charge < -0.3 is 5.32 Å². The van der Waals surface area contributed by atoms with E-state index in [1.807, 2.05) is 0 Å². The largest absolute Gasteiger partial charge is 0.381 e. The van der Waals surface area contributed by atoms with Gasteiger partial charge in [-0.3, -0.25) is 10.1 Å². The van der Waals surface area contributed by atoms with E-state index in [1.165, 1.54) is 30.0 Å². The molecule has 1 N–H and O–H groups in total. The summed E-state index contributed by atoms with van der Waals surface area (Å²) in [6.45, 7) is 0.704. The lowest BCUT2D eigenvalue weighted by molar-refractivity contribution is -0.385. The van der Waals surface area contributed by atoms with E-state index in [9.17, 15) is 10.1 Å². The van der Waals surface area contributed by atoms with Crippen molar-refractivity contribution < 1.29 is 4.92 Å². The third kappa shape index (κ3) is 3.42. The molecule has 0 aliphatic heterocycles. The van der Waals surface area contributed by atoms with Crippen molar-refractivity contribution in [3.63, 3.8) is 0 Å². The molecule has 21 heavy (non-hydrogen) atoms. The van der Waals surface area contributed by atoms with Crippen molar-refractivity contribution in [2.24, 2.45) is 0 Å². The van der Waals surface area contributed by atoms with Crippen LogP contribution in [0.1, 0.15) is 29.9 Å². The van der Waals surface area contributed by atoms with Crippen LogP contribution >= 0.6 is 15.9 Å². The quantitative estimate of drug-likeness (QED) is 0.622. The maximum absolute atomic E-state index is 10.8. The fourth-order valence-corrected chi connectivity index (χ4v) is 2.82. The van der Waals surface area contributed by atoms with E-state index in [0.29, 0.717) is 11.0 Å². The van der Waals surface area contributed by atoms with E-state index in [-0.39, 0.29) is 5.69 Å². The van der Waals surface area contributed by atoms with Crippen molar-refractivity contribution >= 4 is 27.3 Å². The second-order valence-corrected chi connectivity index (χ2v) is 6.15. The highest BCUT2D eigenvalue weighted by atomic mass is 79.9. The molecule has 0 amide bonds. The number of nitrogens with zero attached hydrogens (tertiary/aromatic N) is 1. The van der Waals surface area contributed by atoms with Crippen LogP contribution in [0.2, 0.25) is 0 Å². The second kappa shape index (κ2) is 5.85. The van der Waals surface area contributed by atoms with Gasteiger partial charge in [-0.15, -0.1) is 0 Å². The Morgan fingerprint density at radius 3 is 2.48 bits per heavy atom. The van der Waals surface area contributed by atoms with Crippen molar-refractivity contribution in [3.05, 3.63) is 68.2 Å². The van der Waals surface area contributed by atoms with Crippen LogP contribution in [-0.2, 0) is 6.54 Å². The van der Waals surface area contributed by atoms with Crippen molar-refractivity contribution in [1.29, 1.82) is 0 Å². The zero-order chi connectivity index (χ0) is 14.8. The van der Waals surface area contributed by atoms with Gasteiger partial charge in [-0.25, -0.2) is 0 Å². The van der Waals surface area contributed by atoms with E-state index in [0.717, 1.165) is 11.6 Å². The molecule has 2 aromatic carbocycles. The Bertz CT molecular complexity index is 666. The molecule has 0 atom stereocenters. The van der Waals surface area contributed by atoms with Gasteiger partial charge in [0.15, 0.2) is 0 Å². The molecular formula is C16H15BrN2O2. The minimum atomic E-state index is -0.398. The Hall–Kier alpha value is -1.88. The Kier molecular flexibility index (Phi) is 3.92. The van der Waals surface area contributed by atoms with Crippen LogP contribution in [0.15, 0.2) is 46.9 Å². The van der Waals surface area contributed by atoms with Crippen LogP contribution in [0.25, 0.3) is 0 Å². The summed E-state index contributed by atoms with van der Waals surface area (Å²) in [4.78, 5) is 10.4. The smallest absolute Gasteiger partial charge is 0.283 e. The van der Waals surface area contributed by atoms with Crippen molar-refractivity contribution in [2.75, 3.05) is 5.32 Å². The summed E-state index contributed by atoms with van der Waals surface area (Å²) in [7, 11) is 0. The standard InChI is InChI=1S/C16H15BrN2O2/c17-15-9-14(7-8-16(15)19(20)21)18-10-11-1-3-12(4-2-11)13-5-6-13/h1-4,7-9,13,18H,5-6,10H2. The average Bonchev–Trinajstić information content (AvgIpc) is 3.30. The lowest BCUT2D eigenvalue weighted by atomic mass is 10.1. The fraction of sp³-hybridized carbons (Fsp3) is 0.250. The van der Waals surface area contributed by atoms with Crippen LogP contribution in [0.5, 0.6) is 0 Å². The van der Waals surface area contributed by atoms with Gasteiger partial charge in [0, 0.05) is 18.3 Å². The molecule has 108 valence electrons. The SMILES string of the molecule is O=[N+]([O-])c1ccc(NCc2ccc(C3CC3)cc2)cc1Br. The predicted molar refractivity (Wildman–Crippen MR) is 86.5 cm³/mol. The summed E-state index contributed by atoms with van der Waals surface area (Å²) in [5.41, 5.74) is 3.57. The number of hydrogen-bond donors (Lipinski definition) is 1. The number of anilines is 1. The summed E-state index contributed by atoms with van der Waals surface area (Å²) in [6, 6.07) is 13.6. The van der Waals surface area contributed by atoms with E-state index < -0.39 is 4.92 Å². The molecule has 0 saturated heterocycles. The summed E-state index contributed by atoms with van der Waals surface area (Å²) < 4.78 is 0.488. The monoisotopic (exact) mass is 346 g/mol. The summed E-state index contributed by atoms with van der Waals surface area (Å²) in [6.07, 6.45) is 2.63. The topological polar surface area (TPSA) is 55.2 Å². The molecule has 0 aromatic heterocycles. The average molecular weight is 347 g/mol.